The Bertz CT molecular complexity index is 854. The van der Waals surface area contributed by atoms with Crippen LogP contribution in [0.3, 0.4) is 0 Å². The average molecular weight is 553 g/mol. The topological polar surface area (TPSA) is 75.1 Å². The number of aliphatic hydroxyl groups excluding tert-OH is 1. The summed E-state index contributed by atoms with van der Waals surface area (Å²) in [7, 11) is 0. The summed E-state index contributed by atoms with van der Waals surface area (Å²) in [6.07, 6.45) is 0. The minimum absolute atomic E-state index is 0. The first-order chi connectivity index (χ1) is 14.5. The van der Waals surface area contributed by atoms with Crippen LogP contribution in [0.15, 0.2) is 41.4 Å². The Labute approximate surface area is 196 Å². The number of hydrogen-bond donors (Lipinski definition) is 3. The average Bonchev–Trinajstić information content (AvgIpc) is 2.72. The van der Waals surface area contributed by atoms with Gasteiger partial charge in [0.1, 0.15) is 5.82 Å². The molecule has 0 aliphatic heterocycles. The number of ether oxygens (including phenoxy) is 2. The van der Waals surface area contributed by atoms with Gasteiger partial charge in [0, 0.05) is 24.2 Å². The summed E-state index contributed by atoms with van der Waals surface area (Å²) in [4.78, 5) is 4.42. The zero-order valence-corrected chi connectivity index (χ0v) is 19.7. The quantitative estimate of drug-likeness (QED) is 0.234. The predicted octanol–water partition coefficient (Wildman–Crippen LogP) is 4.19. The zero-order valence-electron chi connectivity index (χ0n) is 17.3. The van der Waals surface area contributed by atoms with Crippen LogP contribution in [0, 0.1) is 5.82 Å². The summed E-state index contributed by atoms with van der Waals surface area (Å²) in [5, 5.41) is 15.3. The molecule has 0 atom stereocenters. The van der Waals surface area contributed by atoms with Crippen LogP contribution in [0.5, 0.6) is 11.5 Å². The largest absolute Gasteiger partial charge is 0.490 e. The van der Waals surface area contributed by atoms with Crippen LogP contribution < -0.4 is 20.1 Å². The lowest BCUT2D eigenvalue weighted by Crippen LogP contribution is -2.37. The van der Waals surface area contributed by atoms with Crippen molar-refractivity contribution in [3.8, 4) is 11.5 Å². The van der Waals surface area contributed by atoms with Gasteiger partial charge in [0.05, 0.1) is 19.8 Å². The maximum Gasteiger partial charge on any atom is 0.387 e. The molecule has 10 heteroatoms. The Kier molecular flexibility index (Phi) is 12.1. The normalized spacial score (nSPS) is 11.1. The molecule has 6 nitrogen and oxygen atoms in total. The second kappa shape index (κ2) is 14.0. The first-order valence-corrected chi connectivity index (χ1v) is 9.58. The molecule has 0 saturated heterocycles. The fraction of sp³-hybridized carbons (Fsp3) is 0.381. The fourth-order valence-electron chi connectivity index (χ4n) is 2.73. The molecule has 0 spiro atoms. The summed E-state index contributed by atoms with van der Waals surface area (Å²) < 4.78 is 49.3. The molecule has 0 aromatic heterocycles. The molecule has 2 rings (SSSR count). The van der Waals surface area contributed by atoms with Gasteiger partial charge in [-0.2, -0.15) is 8.78 Å². The van der Waals surface area contributed by atoms with Gasteiger partial charge < -0.3 is 25.2 Å². The summed E-state index contributed by atoms with van der Waals surface area (Å²) >= 11 is 0. The number of nitrogens with zero attached hydrogens (tertiary/aromatic N) is 1. The highest BCUT2D eigenvalue weighted by molar-refractivity contribution is 14.0. The van der Waals surface area contributed by atoms with Crippen molar-refractivity contribution < 1.29 is 27.8 Å². The van der Waals surface area contributed by atoms with E-state index in [0.717, 1.165) is 5.56 Å². The molecule has 2 aromatic carbocycles. The van der Waals surface area contributed by atoms with Crippen LogP contribution in [-0.4, -0.2) is 30.8 Å². The van der Waals surface area contributed by atoms with Gasteiger partial charge in [-0.15, -0.1) is 24.0 Å². The summed E-state index contributed by atoms with van der Waals surface area (Å²) in [6.45, 7) is 1.56. The maximum atomic E-state index is 13.5. The third-order valence-corrected chi connectivity index (χ3v) is 4.06. The molecule has 2 aromatic rings. The number of guanidine groups is 1. The number of benzene rings is 2. The Morgan fingerprint density at radius 1 is 1.13 bits per heavy atom. The number of aliphatic hydroxyl groups is 1. The molecular weight excluding hydrogens is 526 g/mol. The van der Waals surface area contributed by atoms with E-state index >= 15 is 0 Å². The molecule has 172 valence electrons. The highest BCUT2D eigenvalue weighted by Gasteiger charge is 2.16. The van der Waals surface area contributed by atoms with Gasteiger partial charge >= 0.3 is 6.61 Å². The number of hydrogen-bond acceptors (Lipinski definition) is 4. The molecular formula is C21H27F3IN3O3. The van der Waals surface area contributed by atoms with Crippen molar-refractivity contribution in [2.45, 2.75) is 40.2 Å². The summed E-state index contributed by atoms with van der Waals surface area (Å²) in [6, 6.07) is 9.33. The lowest BCUT2D eigenvalue weighted by atomic mass is 10.1. The number of halogens is 4. The van der Waals surface area contributed by atoms with E-state index in [0.29, 0.717) is 24.7 Å². The SMILES string of the molecule is CCNC(=NCc1ccc(F)c(CO)c1)NCc1cccc(OCC)c1OC(F)F.I. The Morgan fingerprint density at radius 3 is 2.55 bits per heavy atom. The lowest BCUT2D eigenvalue weighted by Gasteiger charge is -2.17. The molecule has 3 N–H and O–H groups in total. The van der Waals surface area contributed by atoms with Crippen LogP contribution in [0.2, 0.25) is 0 Å². The van der Waals surface area contributed by atoms with Gasteiger partial charge in [0.2, 0.25) is 0 Å². The molecule has 0 aliphatic carbocycles. The number of aliphatic imine (C=N–C) groups is 1. The molecule has 0 heterocycles. The van der Waals surface area contributed by atoms with Crippen molar-refractivity contribution in [2.75, 3.05) is 13.2 Å². The van der Waals surface area contributed by atoms with Crippen molar-refractivity contribution in [3.63, 3.8) is 0 Å². The van der Waals surface area contributed by atoms with Gasteiger partial charge in [-0.25, -0.2) is 9.38 Å². The Morgan fingerprint density at radius 2 is 1.90 bits per heavy atom. The fourth-order valence-corrected chi connectivity index (χ4v) is 2.73. The van der Waals surface area contributed by atoms with Gasteiger partial charge in [-0.1, -0.05) is 18.2 Å². The predicted molar refractivity (Wildman–Crippen MR) is 124 cm³/mol. The third kappa shape index (κ3) is 8.44. The van der Waals surface area contributed by atoms with E-state index in [4.69, 9.17) is 4.74 Å². The number of rotatable bonds is 10. The van der Waals surface area contributed by atoms with E-state index in [1.165, 1.54) is 6.07 Å². The zero-order chi connectivity index (χ0) is 21.9. The first-order valence-electron chi connectivity index (χ1n) is 9.58. The molecule has 0 unspecified atom stereocenters. The van der Waals surface area contributed by atoms with Crippen molar-refractivity contribution in [1.82, 2.24) is 10.6 Å². The van der Waals surface area contributed by atoms with Gasteiger partial charge in [0.25, 0.3) is 0 Å². The maximum absolute atomic E-state index is 13.5. The second-order valence-corrected chi connectivity index (χ2v) is 6.19. The summed E-state index contributed by atoms with van der Waals surface area (Å²) in [5.41, 5.74) is 1.40. The van der Waals surface area contributed by atoms with Crippen molar-refractivity contribution in [3.05, 3.63) is 58.9 Å². The van der Waals surface area contributed by atoms with E-state index in [1.54, 1.807) is 37.3 Å². The van der Waals surface area contributed by atoms with Gasteiger partial charge in [-0.3, -0.25) is 0 Å². The molecule has 0 saturated carbocycles. The van der Waals surface area contributed by atoms with E-state index < -0.39 is 19.0 Å². The van der Waals surface area contributed by atoms with Crippen LogP contribution in [0.1, 0.15) is 30.5 Å². The molecule has 31 heavy (non-hydrogen) atoms. The molecule has 0 radical (unpaired) electrons. The lowest BCUT2D eigenvalue weighted by molar-refractivity contribution is -0.0520. The Hall–Kier alpha value is -2.21. The van der Waals surface area contributed by atoms with Crippen LogP contribution in [0.4, 0.5) is 13.2 Å². The monoisotopic (exact) mass is 553 g/mol. The highest BCUT2D eigenvalue weighted by Crippen LogP contribution is 2.32. The minimum atomic E-state index is -2.98. The highest BCUT2D eigenvalue weighted by atomic mass is 127. The van der Waals surface area contributed by atoms with Gasteiger partial charge in [0.15, 0.2) is 17.5 Å². The smallest absolute Gasteiger partial charge is 0.387 e. The Balaban J connectivity index is 0.00000480. The standard InChI is InChI=1S/C21H26F3N3O3.HI/c1-3-25-21(26-11-14-8-9-17(22)16(10-14)13-28)27-12-15-6-5-7-18(29-4-2)19(15)30-20(23)24;/h5-10,20,28H,3-4,11-13H2,1-2H3,(H2,25,26,27);1H. The van der Waals surface area contributed by atoms with Crippen LogP contribution >= 0.6 is 24.0 Å². The van der Waals surface area contributed by atoms with Crippen molar-refractivity contribution >= 4 is 29.9 Å². The van der Waals surface area contributed by atoms with Crippen molar-refractivity contribution in [1.29, 1.82) is 0 Å². The minimum Gasteiger partial charge on any atom is -0.490 e. The van der Waals surface area contributed by atoms with E-state index in [-0.39, 0.29) is 54.1 Å². The molecule has 0 fully saturated rings. The number of nitrogens with one attached hydrogen (secondary N) is 2. The molecule has 0 bridgehead atoms. The molecule has 0 aliphatic rings. The number of para-hydroxylation sites is 1. The van der Waals surface area contributed by atoms with Crippen molar-refractivity contribution in [2.24, 2.45) is 4.99 Å². The van der Waals surface area contributed by atoms with Crippen LogP contribution in [0.25, 0.3) is 0 Å². The van der Waals surface area contributed by atoms with E-state index in [2.05, 4.69) is 20.4 Å². The second-order valence-electron chi connectivity index (χ2n) is 6.19. The third-order valence-electron chi connectivity index (χ3n) is 4.06. The van der Waals surface area contributed by atoms with E-state index in [9.17, 15) is 18.3 Å². The van der Waals surface area contributed by atoms with E-state index in [1.807, 2.05) is 6.92 Å². The summed E-state index contributed by atoms with van der Waals surface area (Å²) in [5.74, 6) is 0.180. The van der Waals surface area contributed by atoms with Crippen LogP contribution in [-0.2, 0) is 19.7 Å². The molecule has 0 amide bonds. The first kappa shape index (κ1) is 26.8. The van der Waals surface area contributed by atoms with Gasteiger partial charge in [-0.05, 0) is 37.6 Å². The number of alkyl halides is 2.